The van der Waals surface area contributed by atoms with Crippen molar-refractivity contribution in [3.63, 3.8) is 0 Å². The predicted octanol–water partition coefficient (Wildman–Crippen LogP) is 3.88. The zero-order valence-electron chi connectivity index (χ0n) is 13.3. The quantitative estimate of drug-likeness (QED) is 0.777. The van der Waals surface area contributed by atoms with Crippen LogP contribution >= 0.6 is 0 Å². The Hall–Kier alpha value is -2.80. The average molecular weight is 304 g/mol. The normalized spacial score (nSPS) is 10.8. The number of unbranched alkanes of at least 4 members (excludes halogenated alkanes) is 1. The number of rotatable bonds is 5. The van der Waals surface area contributed by atoms with Crippen LogP contribution in [0.15, 0.2) is 42.5 Å². The first-order valence-electron chi connectivity index (χ1n) is 7.96. The number of aromatic nitrogens is 2. The second kappa shape index (κ2) is 6.53. The molecule has 0 atom stereocenters. The lowest BCUT2D eigenvalue weighted by molar-refractivity contribution is 0.671. The second-order valence-electron chi connectivity index (χ2n) is 5.72. The van der Waals surface area contributed by atoms with Crippen LogP contribution in [0.2, 0.25) is 0 Å². The molecule has 0 aliphatic rings. The fourth-order valence-corrected chi connectivity index (χ4v) is 2.88. The summed E-state index contributed by atoms with van der Waals surface area (Å²) in [7, 11) is 0. The maximum Gasteiger partial charge on any atom is 0.140 e. The lowest BCUT2D eigenvalue weighted by Crippen LogP contribution is -2.07. The molecule has 0 bridgehead atoms. The lowest BCUT2D eigenvalue weighted by Gasteiger charge is -2.08. The smallest absolute Gasteiger partial charge is 0.140 e. The fraction of sp³-hybridized carbons (Fsp3) is 0.263. The van der Waals surface area contributed by atoms with Gasteiger partial charge in [-0.05, 0) is 29.2 Å². The summed E-state index contributed by atoms with van der Waals surface area (Å²) in [6.45, 7) is 2.70. The summed E-state index contributed by atoms with van der Waals surface area (Å²) in [6, 6.07) is 16.7. The SMILES string of the molecule is CCCCc1nn(Cc2cccc3ccccc23)c(N)c1C#N. The molecule has 0 fully saturated rings. The Kier molecular flexibility index (Phi) is 4.29. The Morgan fingerprint density at radius 2 is 1.96 bits per heavy atom. The highest BCUT2D eigenvalue weighted by Gasteiger charge is 2.15. The molecular formula is C19H20N4. The molecule has 4 heteroatoms. The molecule has 1 heterocycles. The van der Waals surface area contributed by atoms with Gasteiger partial charge in [-0.3, -0.25) is 0 Å². The number of nitriles is 1. The molecule has 0 unspecified atom stereocenters. The topological polar surface area (TPSA) is 67.6 Å². The van der Waals surface area contributed by atoms with Crippen LogP contribution in [0.25, 0.3) is 10.8 Å². The Bertz CT molecular complexity index is 865. The van der Waals surface area contributed by atoms with E-state index in [-0.39, 0.29) is 0 Å². The summed E-state index contributed by atoms with van der Waals surface area (Å²) in [5.41, 5.74) is 8.65. The molecule has 0 spiro atoms. The molecular weight excluding hydrogens is 284 g/mol. The second-order valence-corrected chi connectivity index (χ2v) is 5.72. The van der Waals surface area contributed by atoms with Gasteiger partial charge in [-0.2, -0.15) is 10.4 Å². The highest BCUT2D eigenvalue weighted by Crippen LogP contribution is 2.23. The van der Waals surface area contributed by atoms with Crippen LogP contribution in [0.4, 0.5) is 5.82 Å². The summed E-state index contributed by atoms with van der Waals surface area (Å²) in [4.78, 5) is 0. The van der Waals surface area contributed by atoms with Gasteiger partial charge in [0.05, 0.1) is 12.2 Å². The highest BCUT2D eigenvalue weighted by atomic mass is 15.3. The number of hydrogen-bond acceptors (Lipinski definition) is 3. The third-order valence-electron chi connectivity index (χ3n) is 4.14. The Labute approximate surface area is 136 Å². The third kappa shape index (κ3) is 2.91. The van der Waals surface area contributed by atoms with Crippen LogP contribution in [0.5, 0.6) is 0 Å². The molecule has 0 saturated carbocycles. The summed E-state index contributed by atoms with van der Waals surface area (Å²) in [6.07, 6.45) is 2.88. The van der Waals surface area contributed by atoms with Gasteiger partial charge in [0.1, 0.15) is 17.5 Å². The molecule has 3 rings (SSSR count). The molecule has 0 saturated heterocycles. The van der Waals surface area contributed by atoms with E-state index in [4.69, 9.17) is 5.73 Å². The lowest BCUT2D eigenvalue weighted by atomic mass is 10.0. The first-order valence-corrected chi connectivity index (χ1v) is 7.96. The molecule has 23 heavy (non-hydrogen) atoms. The van der Waals surface area contributed by atoms with Crippen molar-refractivity contribution in [2.75, 3.05) is 5.73 Å². The van der Waals surface area contributed by atoms with Crippen LogP contribution < -0.4 is 5.73 Å². The van der Waals surface area contributed by atoms with Crippen LogP contribution in [-0.4, -0.2) is 9.78 Å². The minimum absolute atomic E-state index is 0.464. The van der Waals surface area contributed by atoms with Crippen molar-refractivity contribution in [1.82, 2.24) is 9.78 Å². The zero-order valence-corrected chi connectivity index (χ0v) is 13.3. The van der Waals surface area contributed by atoms with Gasteiger partial charge in [0.25, 0.3) is 0 Å². The number of nitrogen functional groups attached to an aromatic ring is 1. The van der Waals surface area contributed by atoms with Crippen LogP contribution in [0.1, 0.15) is 36.6 Å². The van der Waals surface area contributed by atoms with Crippen molar-refractivity contribution in [2.45, 2.75) is 32.7 Å². The van der Waals surface area contributed by atoms with E-state index in [0.717, 1.165) is 30.5 Å². The van der Waals surface area contributed by atoms with E-state index < -0.39 is 0 Å². The van der Waals surface area contributed by atoms with Gasteiger partial charge >= 0.3 is 0 Å². The third-order valence-corrected chi connectivity index (χ3v) is 4.14. The Morgan fingerprint density at radius 1 is 1.17 bits per heavy atom. The van der Waals surface area contributed by atoms with Crippen molar-refractivity contribution in [2.24, 2.45) is 0 Å². The van der Waals surface area contributed by atoms with E-state index in [2.05, 4.69) is 42.4 Å². The van der Waals surface area contributed by atoms with E-state index in [0.29, 0.717) is 17.9 Å². The standard InChI is InChI=1S/C19H20N4/c1-2-3-11-18-17(12-20)19(21)23(22-18)13-15-9-6-8-14-7-4-5-10-16(14)15/h4-10H,2-3,11,13,21H2,1H3. The summed E-state index contributed by atoms with van der Waals surface area (Å²) >= 11 is 0. The number of benzene rings is 2. The molecule has 116 valence electrons. The molecule has 4 nitrogen and oxygen atoms in total. The van der Waals surface area contributed by atoms with Gasteiger partial charge in [-0.15, -0.1) is 0 Å². The highest BCUT2D eigenvalue weighted by molar-refractivity contribution is 5.85. The number of fused-ring (bicyclic) bond motifs is 1. The monoisotopic (exact) mass is 304 g/mol. The van der Waals surface area contributed by atoms with Gasteiger partial charge in [0.2, 0.25) is 0 Å². The fourth-order valence-electron chi connectivity index (χ4n) is 2.88. The van der Waals surface area contributed by atoms with Crippen LogP contribution in [0.3, 0.4) is 0 Å². The molecule has 0 aliphatic carbocycles. The van der Waals surface area contributed by atoms with Gasteiger partial charge in [0, 0.05) is 0 Å². The first-order chi connectivity index (χ1) is 11.2. The van der Waals surface area contributed by atoms with Crippen molar-refractivity contribution < 1.29 is 0 Å². The van der Waals surface area contributed by atoms with E-state index in [1.54, 1.807) is 4.68 Å². The number of anilines is 1. The van der Waals surface area contributed by atoms with Crippen molar-refractivity contribution in [1.29, 1.82) is 5.26 Å². The first kappa shape index (κ1) is 15.1. The van der Waals surface area contributed by atoms with E-state index in [1.807, 2.05) is 18.2 Å². The number of nitrogens with two attached hydrogens (primary N) is 1. The molecule has 0 amide bonds. The number of nitrogens with zero attached hydrogens (tertiary/aromatic N) is 3. The number of aryl methyl sites for hydroxylation is 1. The van der Waals surface area contributed by atoms with Gasteiger partial charge in [-0.1, -0.05) is 55.8 Å². The van der Waals surface area contributed by atoms with Crippen LogP contribution in [-0.2, 0) is 13.0 Å². The maximum absolute atomic E-state index is 9.37. The zero-order chi connectivity index (χ0) is 16.2. The predicted molar refractivity (Wildman–Crippen MR) is 93.0 cm³/mol. The average Bonchev–Trinajstić information content (AvgIpc) is 2.88. The molecule has 2 N–H and O–H groups in total. The molecule has 2 aromatic carbocycles. The van der Waals surface area contributed by atoms with E-state index >= 15 is 0 Å². The largest absolute Gasteiger partial charge is 0.383 e. The van der Waals surface area contributed by atoms with Gasteiger partial charge < -0.3 is 5.73 Å². The summed E-state index contributed by atoms with van der Waals surface area (Å²) in [5.74, 6) is 0.464. The Morgan fingerprint density at radius 3 is 2.74 bits per heavy atom. The van der Waals surface area contributed by atoms with E-state index in [9.17, 15) is 5.26 Å². The van der Waals surface area contributed by atoms with Crippen LogP contribution in [0, 0.1) is 11.3 Å². The van der Waals surface area contributed by atoms with E-state index in [1.165, 1.54) is 10.8 Å². The number of hydrogen-bond donors (Lipinski definition) is 1. The molecule has 0 radical (unpaired) electrons. The van der Waals surface area contributed by atoms with Gasteiger partial charge in [-0.25, -0.2) is 4.68 Å². The van der Waals surface area contributed by atoms with Crippen molar-refractivity contribution >= 4 is 16.6 Å². The summed E-state index contributed by atoms with van der Waals surface area (Å²) < 4.78 is 1.76. The van der Waals surface area contributed by atoms with Gasteiger partial charge in [0.15, 0.2) is 0 Å². The Balaban J connectivity index is 1.99. The van der Waals surface area contributed by atoms with Crippen molar-refractivity contribution in [3.05, 3.63) is 59.3 Å². The molecule has 3 aromatic rings. The molecule has 1 aromatic heterocycles. The maximum atomic E-state index is 9.37. The summed E-state index contributed by atoms with van der Waals surface area (Å²) in [5, 5.41) is 16.3. The molecule has 0 aliphatic heterocycles. The van der Waals surface area contributed by atoms with Crippen molar-refractivity contribution in [3.8, 4) is 6.07 Å². The minimum Gasteiger partial charge on any atom is -0.383 e. The minimum atomic E-state index is 0.464.